The number of nitrogens with zero attached hydrogens (tertiary/aromatic N) is 3. The van der Waals surface area contributed by atoms with Gasteiger partial charge in [-0.3, -0.25) is 19.7 Å². The van der Waals surface area contributed by atoms with Crippen molar-refractivity contribution in [2.24, 2.45) is 0 Å². The maximum absolute atomic E-state index is 13.8. The Morgan fingerprint density at radius 3 is 2.36 bits per heavy atom. The molecule has 1 aromatic rings. The van der Waals surface area contributed by atoms with Gasteiger partial charge in [0.1, 0.15) is 6.04 Å². The van der Waals surface area contributed by atoms with Crippen LogP contribution in [0, 0.1) is 10.1 Å². The van der Waals surface area contributed by atoms with Crippen molar-refractivity contribution in [3.8, 4) is 0 Å². The molecule has 2 fully saturated rings. The van der Waals surface area contributed by atoms with Crippen molar-refractivity contribution < 1.29 is 14.5 Å². The predicted octanol–water partition coefficient (Wildman–Crippen LogP) is 5.02. The zero-order chi connectivity index (χ0) is 25.3. The third-order valence-corrected chi connectivity index (χ3v) is 7.62. The molecule has 0 aromatic heterocycles. The smallest absolute Gasteiger partial charge is 0.269 e. The minimum atomic E-state index is -0.777. The number of non-ortho nitro benzene ring substituents is 1. The van der Waals surface area contributed by atoms with Crippen LogP contribution in [0.15, 0.2) is 48.7 Å². The molecule has 2 amide bonds. The molecule has 1 heterocycles. The van der Waals surface area contributed by atoms with Crippen LogP contribution in [0.4, 0.5) is 5.69 Å². The molecule has 0 bridgehead atoms. The van der Waals surface area contributed by atoms with Crippen molar-refractivity contribution in [3.05, 3.63) is 64.4 Å². The van der Waals surface area contributed by atoms with Crippen LogP contribution in [0.5, 0.6) is 0 Å². The van der Waals surface area contributed by atoms with Crippen LogP contribution >= 0.6 is 0 Å². The molecule has 2 saturated carbocycles. The zero-order valence-corrected chi connectivity index (χ0v) is 21.0. The zero-order valence-electron chi connectivity index (χ0n) is 21.0. The van der Waals surface area contributed by atoms with Crippen LogP contribution in [-0.2, 0) is 9.59 Å². The van der Waals surface area contributed by atoms with Gasteiger partial charge in [0, 0.05) is 43.7 Å². The molecule has 8 nitrogen and oxygen atoms in total. The molecular weight excluding hydrogens is 456 g/mol. The third kappa shape index (κ3) is 6.74. The van der Waals surface area contributed by atoms with E-state index in [0.29, 0.717) is 18.4 Å². The number of benzene rings is 1. The second kappa shape index (κ2) is 12.7. The Kier molecular flexibility index (Phi) is 9.14. The van der Waals surface area contributed by atoms with Gasteiger partial charge in [0.25, 0.3) is 5.69 Å². The van der Waals surface area contributed by atoms with Crippen LogP contribution in [0.1, 0.15) is 82.2 Å². The van der Waals surface area contributed by atoms with Gasteiger partial charge in [-0.15, -0.1) is 0 Å². The maximum atomic E-state index is 13.8. The molecule has 0 spiro atoms. The predicted molar refractivity (Wildman–Crippen MR) is 139 cm³/mol. The first kappa shape index (κ1) is 25.9. The quantitative estimate of drug-likeness (QED) is 0.364. The topological polar surface area (TPSA) is 95.8 Å². The summed E-state index contributed by atoms with van der Waals surface area (Å²) in [5, 5.41) is 14.5. The van der Waals surface area contributed by atoms with E-state index < -0.39 is 11.0 Å². The number of hydrogen-bond acceptors (Lipinski definition) is 5. The summed E-state index contributed by atoms with van der Waals surface area (Å²) in [6, 6.07) is 5.50. The summed E-state index contributed by atoms with van der Waals surface area (Å²) < 4.78 is 0. The molecule has 1 atom stereocenters. The number of allylic oxidation sites excluding steroid dienone is 2. The Hall–Kier alpha value is -3.16. The average Bonchev–Trinajstić information content (AvgIpc) is 3.43. The molecule has 4 rings (SSSR count). The molecule has 3 aliphatic rings. The Morgan fingerprint density at radius 2 is 1.72 bits per heavy atom. The van der Waals surface area contributed by atoms with Crippen LogP contribution in [-0.4, -0.2) is 51.7 Å². The standard InChI is InChI=1S/C28H38N4O4/c33-26(14-9-21-30-19-7-2-8-20-30)31(24-12-5-6-13-24)27(22-15-17-25(18-16-22)32(35)36)28(34)29-23-10-3-1-4-11-23/h2,7-8,15-19,23-24,27H,1,3-6,9-14,20-21H2,(H,29,34). The van der Waals surface area contributed by atoms with E-state index in [0.717, 1.165) is 64.5 Å². The maximum Gasteiger partial charge on any atom is 0.269 e. The van der Waals surface area contributed by atoms with E-state index in [1.807, 2.05) is 23.3 Å². The van der Waals surface area contributed by atoms with Crippen molar-refractivity contribution >= 4 is 17.5 Å². The van der Waals surface area contributed by atoms with Crippen molar-refractivity contribution in [2.75, 3.05) is 13.1 Å². The molecule has 1 aliphatic heterocycles. The van der Waals surface area contributed by atoms with Crippen LogP contribution in [0.3, 0.4) is 0 Å². The lowest BCUT2D eigenvalue weighted by atomic mass is 9.94. The fourth-order valence-electron chi connectivity index (χ4n) is 5.72. The highest BCUT2D eigenvalue weighted by atomic mass is 16.6. The summed E-state index contributed by atoms with van der Waals surface area (Å²) >= 11 is 0. The average molecular weight is 495 g/mol. The van der Waals surface area contributed by atoms with Crippen molar-refractivity contribution in [1.82, 2.24) is 15.1 Å². The number of carbonyl (C=O) groups excluding carboxylic acids is 2. The lowest BCUT2D eigenvalue weighted by Crippen LogP contribution is -2.50. The molecule has 1 aromatic carbocycles. The summed E-state index contributed by atoms with van der Waals surface area (Å²) in [5.74, 6) is -0.180. The molecule has 1 unspecified atom stereocenters. The lowest BCUT2D eigenvalue weighted by Gasteiger charge is -2.37. The first-order valence-electron chi connectivity index (χ1n) is 13.5. The third-order valence-electron chi connectivity index (χ3n) is 7.62. The van der Waals surface area contributed by atoms with Gasteiger partial charge in [-0.05, 0) is 62.1 Å². The van der Waals surface area contributed by atoms with E-state index in [9.17, 15) is 19.7 Å². The summed E-state index contributed by atoms with van der Waals surface area (Å²) in [6.07, 6.45) is 18.3. The van der Waals surface area contributed by atoms with E-state index in [4.69, 9.17) is 0 Å². The Balaban J connectivity index is 1.56. The first-order chi connectivity index (χ1) is 17.5. The largest absolute Gasteiger partial charge is 0.374 e. The van der Waals surface area contributed by atoms with Gasteiger partial charge < -0.3 is 15.1 Å². The molecule has 8 heteroatoms. The monoisotopic (exact) mass is 494 g/mol. The van der Waals surface area contributed by atoms with Crippen LogP contribution in [0.25, 0.3) is 0 Å². The van der Waals surface area contributed by atoms with E-state index in [-0.39, 0.29) is 29.6 Å². The number of nitro groups is 1. The summed E-state index contributed by atoms with van der Waals surface area (Å²) in [4.78, 5) is 42.3. The molecule has 194 valence electrons. The number of nitro benzene ring substituents is 1. The first-order valence-corrected chi connectivity index (χ1v) is 13.5. The molecule has 36 heavy (non-hydrogen) atoms. The van der Waals surface area contributed by atoms with E-state index in [1.54, 1.807) is 12.1 Å². The van der Waals surface area contributed by atoms with Gasteiger partial charge in [0.15, 0.2) is 0 Å². The highest BCUT2D eigenvalue weighted by Crippen LogP contribution is 2.34. The fourth-order valence-corrected chi connectivity index (χ4v) is 5.72. The second-order valence-corrected chi connectivity index (χ2v) is 10.2. The van der Waals surface area contributed by atoms with Gasteiger partial charge in [-0.2, -0.15) is 0 Å². The molecule has 2 aliphatic carbocycles. The van der Waals surface area contributed by atoms with Crippen molar-refractivity contribution in [1.29, 1.82) is 0 Å². The molecule has 0 radical (unpaired) electrons. The van der Waals surface area contributed by atoms with Crippen molar-refractivity contribution in [2.45, 2.75) is 88.8 Å². The van der Waals surface area contributed by atoms with E-state index in [1.165, 1.54) is 18.6 Å². The summed E-state index contributed by atoms with van der Waals surface area (Å²) in [6.45, 7) is 1.62. The summed E-state index contributed by atoms with van der Waals surface area (Å²) in [5.41, 5.74) is 0.617. The Labute approximate surface area is 213 Å². The van der Waals surface area contributed by atoms with Gasteiger partial charge in [0.05, 0.1) is 4.92 Å². The van der Waals surface area contributed by atoms with Crippen LogP contribution < -0.4 is 5.32 Å². The van der Waals surface area contributed by atoms with Gasteiger partial charge in [-0.25, -0.2) is 0 Å². The number of rotatable bonds is 10. The normalized spacial score (nSPS) is 19.3. The minimum Gasteiger partial charge on any atom is -0.374 e. The Bertz CT molecular complexity index is 962. The number of nitrogens with one attached hydrogen (secondary N) is 1. The Morgan fingerprint density at radius 1 is 1.03 bits per heavy atom. The highest BCUT2D eigenvalue weighted by molar-refractivity contribution is 5.89. The summed E-state index contributed by atoms with van der Waals surface area (Å²) in [7, 11) is 0. The number of hydrogen-bond donors (Lipinski definition) is 1. The second-order valence-electron chi connectivity index (χ2n) is 10.2. The number of carbonyl (C=O) groups is 2. The van der Waals surface area contributed by atoms with Gasteiger partial charge >= 0.3 is 0 Å². The molecular formula is C28H38N4O4. The lowest BCUT2D eigenvalue weighted by molar-refractivity contribution is -0.384. The fraction of sp³-hybridized carbons (Fsp3) is 0.571. The minimum absolute atomic E-state index is 0.00705. The molecule has 1 N–H and O–H groups in total. The number of amides is 2. The SMILES string of the molecule is O=C(NC1CCCCC1)C(c1ccc([N+](=O)[O-])cc1)N(C(=O)CCCN1C=CC=CC1)C1CCCC1. The van der Waals surface area contributed by atoms with E-state index >= 15 is 0 Å². The van der Waals surface area contributed by atoms with Gasteiger partial charge in [-0.1, -0.05) is 44.3 Å². The van der Waals surface area contributed by atoms with Crippen molar-refractivity contribution in [3.63, 3.8) is 0 Å². The molecule has 0 saturated heterocycles. The highest BCUT2D eigenvalue weighted by Gasteiger charge is 2.38. The van der Waals surface area contributed by atoms with Gasteiger partial charge in [0.2, 0.25) is 11.8 Å². The van der Waals surface area contributed by atoms with E-state index in [2.05, 4.69) is 16.3 Å². The van der Waals surface area contributed by atoms with Crippen LogP contribution in [0.2, 0.25) is 0 Å².